The number of nitrogens with zero attached hydrogens (tertiary/aromatic N) is 1. The summed E-state index contributed by atoms with van der Waals surface area (Å²) in [5, 5.41) is 8.21. The van der Waals surface area contributed by atoms with Gasteiger partial charge < -0.3 is 0 Å². The Morgan fingerprint density at radius 2 is 1.17 bits per heavy atom. The molecule has 0 radical (unpaired) electrons. The maximum Gasteiger partial charge on any atom is 0.419 e. The summed E-state index contributed by atoms with van der Waals surface area (Å²) in [5.74, 6) is -4.73. The van der Waals surface area contributed by atoms with Crippen molar-refractivity contribution < 1.29 is 35.1 Å². The fourth-order valence-electron chi connectivity index (χ4n) is 1.15. The van der Waals surface area contributed by atoms with Crippen LogP contribution >= 0.6 is 0 Å². The summed E-state index contributed by atoms with van der Waals surface area (Å²) in [6, 6.07) is -0.0644. The smallest absolute Gasteiger partial charge is 0.205 e. The van der Waals surface area contributed by atoms with Gasteiger partial charge in [-0.3, -0.25) is 0 Å². The highest BCUT2D eigenvalue weighted by atomic mass is 19.4. The Morgan fingerprint density at radius 1 is 0.833 bits per heavy atom. The Kier molecular flexibility index (Phi) is 3.25. The minimum absolute atomic E-state index is 0.639. The number of halogens is 8. The zero-order valence-electron chi connectivity index (χ0n) is 8.05. The van der Waals surface area contributed by atoms with Gasteiger partial charge in [0.25, 0.3) is 0 Å². The minimum atomic E-state index is -5.47. The van der Waals surface area contributed by atoms with Crippen molar-refractivity contribution in [2.24, 2.45) is 0 Å². The zero-order valence-corrected chi connectivity index (χ0v) is 8.05. The highest BCUT2D eigenvalue weighted by Crippen LogP contribution is 2.39. The molecule has 0 unspecified atom stereocenters. The van der Waals surface area contributed by atoms with Gasteiger partial charge in [-0.1, -0.05) is 0 Å². The van der Waals surface area contributed by atoms with Crippen LogP contribution < -0.4 is 0 Å². The highest BCUT2D eigenvalue weighted by Gasteiger charge is 2.43. The van der Waals surface area contributed by atoms with Gasteiger partial charge in [0.2, 0.25) is 0 Å². The maximum atomic E-state index is 13.0. The molecule has 1 rings (SSSR count). The third-order valence-corrected chi connectivity index (χ3v) is 1.92. The molecule has 0 heterocycles. The summed E-state index contributed by atoms with van der Waals surface area (Å²) in [6.45, 7) is 0. The molecule has 0 saturated carbocycles. The average molecular weight is 275 g/mol. The van der Waals surface area contributed by atoms with Gasteiger partial charge in [0.05, 0.1) is 11.1 Å². The van der Waals surface area contributed by atoms with Crippen molar-refractivity contribution in [3.63, 3.8) is 0 Å². The quantitative estimate of drug-likeness (QED) is 0.659. The molecule has 0 aliphatic rings. The number of rotatable bonds is 0. The van der Waals surface area contributed by atoms with E-state index in [0.29, 0.717) is 6.07 Å². The van der Waals surface area contributed by atoms with E-state index in [1.165, 1.54) is 0 Å². The predicted molar refractivity (Wildman–Crippen MR) is 41.1 cm³/mol. The molecule has 0 N–H and O–H groups in total. The number of alkyl halides is 6. The van der Waals surface area contributed by atoms with E-state index in [0.717, 1.165) is 0 Å². The fourth-order valence-corrected chi connectivity index (χ4v) is 1.15. The van der Waals surface area contributed by atoms with Crippen molar-refractivity contribution in [2.45, 2.75) is 12.4 Å². The lowest BCUT2D eigenvalue weighted by molar-refractivity contribution is -0.146. The van der Waals surface area contributed by atoms with Crippen molar-refractivity contribution in [3.8, 4) is 6.07 Å². The molecule has 0 saturated heterocycles. The van der Waals surface area contributed by atoms with Gasteiger partial charge in [-0.15, -0.1) is 0 Å². The standard InChI is InChI=1S/C9HF8N/c10-6-3(2-18)7(11)5(9(15,16)17)1-4(6)8(12,13)14/h1H. The van der Waals surface area contributed by atoms with E-state index < -0.39 is 46.7 Å². The first-order valence-corrected chi connectivity index (χ1v) is 4.06. The van der Waals surface area contributed by atoms with Gasteiger partial charge in [-0.2, -0.15) is 31.6 Å². The second-order valence-electron chi connectivity index (χ2n) is 3.08. The van der Waals surface area contributed by atoms with Crippen LogP contribution in [-0.4, -0.2) is 0 Å². The van der Waals surface area contributed by atoms with Crippen LogP contribution in [0.25, 0.3) is 0 Å². The average Bonchev–Trinajstić information content (AvgIpc) is 2.14. The van der Waals surface area contributed by atoms with Gasteiger partial charge in [-0.05, 0) is 6.07 Å². The first-order valence-electron chi connectivity index (χ1n) is 4.06. The molecule has 1 aromatic carbocycles. The van der Waals surface area contributed by atoms with E-state index in [2.05, 4.69) is 0 Å². The molecule has 98 valence electrons. The lowest BCUT2D eigenvalue weighted by atomic mass is 10.0. The molecular weight excluding hydrogens is 274 g/mol. The second kappa shape index (κ2) is 4.12. The van der Waals surface area contributed by atoms with Crippen LogP contribution in [0.2, 0.25) is 0 Å². The molecular formula is C9HF8N. The van der Waals surface area contributed by atoms with E-state index in [1.54, 1.807) is 0 Å². The topological polar surface area (TPSA) is 23.8 Å². The van der Waals surface area contributed by atoms with Gasteiger partial charge in [0.1, 0.15) is 11.6 Å². The van der Waals surface area contributed by atoms with Crippen LogP contribution in [0, 0.1) is 23.0 Å². The summed E-state index contributed by atoms with van der Waals surface area (Å²) in [6.07, 6.45) is -10.9. The number of hydrogen-bond acceptors (Lipinski definition) is 1. The highest BCUT2D eigenvalue weighted by molar-refractivity contribution is 5.43. The van der Waals surface area contributed by atoms with Crippen LogP contribution in [0.5, 0.6) is 0 Å². The Labute approximate surface area is 94.2 Å². The van der Waals surface area contributed by atoms with Crippen molar-refractivity contribution in [2.75, 3.05) is 0 Å². The van der Waals surface area contributed by atoms with Gasteiger partial charge >= 0.3 is 12.4 Å². The molecule has 1 nitrogen and oxygen atoms in total. The number of nitriles is 1. The predicted octanol–water partition coefficient (Wildman–Crippen LogP) is 3.87. The second-order valence-corrected chi connectivity index (χ2v) is 3.08. The number of benzene rings is 1. The monoisotopic (exact) mass is 275 g/mol. The summed E-state index contributed by atoms with van der Waals surface area (Å²) in [4.78, 5) is 0. The van der Waals surface area contributed by atoms with Gasteiger partial charge in [0, 0.05) is 0 Å². The summed E-state index contributed by atoms with van der Waals surface area (Å²) >= 11 is 0. The Hall–Kier alpha value is -1.85. The normalized spacial score (nSPS) is 12.4. The lowest BCUT2D eigenvalue weighted by Gasteiger charge is -2.14. The first kappa shape index (κ1) is 14.2. The van der Waals surface area contributed by atoms with Crippen molar-refractivity contribution in [1.29, 1.82) is 5.26 Å². The van der Waals surface area contributed by atoms with Crippen LogP contribution in [0.4, 0.5) is 35.1 Å². The van der Waals surface area contributed by atoms with Crippen LogP contribution in [0.3, 0.4) is 0 Å². The molecule has 0 aromatic heterocycles. The van der Waals surface area contributed by atoms with E-state index in [9.17, 15) is 35.1 Å². The number of hydrogen-bond donors (Lipinski definition) is 0. The van der Waals surface area contributed by atoms with E-state index in [4.69, 9.17) is 5.26 Å². The van der Waals surface area contributed by atoms with Crippen molar-refractivity contribution in [1.82, 2.24) is 0 Å². The van der Waals surface area contributed by atoms with Gasteiger partial charge in [0.15, 0.2) is 11.6 Å². The molecule has 0 bridgehead atoms. The minimum Gasteiger partial charge on any atom is -0.205 e. The lowest BCUT2D eigenvalue weighted by Crippen LogP contribution is -2.17. The Morgan fingerprint density at radius 3 is 1.39 bits per heavy atom. The molecule has 18 heavy (non-hydrogen) atoms. The van der Waals surface area contributed by atoms with Gasteiger partial charge in [-0.25, -0.2) is 8.78 Å². The van der Waals surface area contributed by atoms with Crippen LogP contribution in [0.1, 0.15) is 16.7 Å². The summed E-state index contributed by atoms with van der Waals surface area (Å²) in [5.41, 5.74) is -6.60. The molecule has 0 aliphatic heterocycles. The van der Waals surface area contributed by atoms with E-state index in [1.807, 2.05) is 0 Å². The van der Waals surface area contributed by atoms with Crippen LogP contribution in [-0.2, 0) is 12.4 Å². The fraction of sp³-hybridized carbons (Fsp3) is 0.222. The molecule has 0 amide bonds. The third-order valence-electron chi connectivity index (χ3n) is 1.92. The molecule has 1 aromatic rings. The van der Waals surface area contributed by atoms with E-state index in [-0.39, 0.29) is 0 Å². The van der Waals surface area contributed by atoms with Crippen molar-refractivity contribution >= 4 is 0 Å². The Bertz CT molecular complexity index is 481. The molecule has 9 heteroatoms. The molecule has 0 atom stereocenters. The maximum absolute atomic E-state index is 13.0. The Balaban J connectivity index is 3.75. The van der Waals surface area contributed by atoms with Crippen molar-refractivity contribution in [3.05, 3.63) is 34.4 Å². The molecule has 0 aliphatic carbocycles. The molecule has 0 spiro atoms. The SMILES string of the molecule is N#Cc1c(F)c(C(F)(F)F)cc(C(F)(F)F)c1F. The summed E-state index contributed by atoms with van der Waals surface area (Å²) < 4.78 is 99.5. The molecule has 0 fully saturated rings. The van der Waals surface area contributed by atoms with Crippen LogP contribution in [0.15, 0.2) is 6.07 Å². The third kappa shape index (κ3) is 2.37. The first-order chi connectivity index (χ1) is 8.00. The zero-order chi connectivity index (χ0) is 14.3. The van der Waals surface area contributed by atoms with E-state index >= 15 is 0 Å². The summed E-state index contributed by atoms with van der Waals surface area (Å²) in [7, 11) is 0. The largest absolute Gasteiger partial charge is 0.419 e.